The van der Waals surface area contributed by atoms with Gasteiger partial charge in [0.1, 0.15) is 0 Å². The summed E-state index contributed by atoms with van der Waals surface area (Å²) in [7, 11) is 0. The van der Waals surface area contributed by atoms with Crippen LogP contribution in [-0.4, -0.2) is 23.3 Å². The van der Waals surface area contributed by atoms with E-state index in [-0.39, 0.29) is 12.3 Å². The highest BCUT2D eigenvalue weighted by Crippen LogP contribution is 2.37. The molecule has 1 aliphatic rings. The van der Waals surface area contributed by atoms with Crippen LogP contribution in [0.4, 0.5) is 5.69 Å². The lowest BCUT2D eigenvalue weighted by atomic mass is 9.98. The van der Waals surface area contributed by atoms with Crippen molar-refractivity contribution in [1.29, 1.82) is 0 Å². The molecule has 1 heterocycles. The van der Waals surface area contributed by atoms with Crippen molar-refractivity contribution in [2.75, 3.05) is 4.90 Å². The summed E-state index contributed by atoms with van der Waals surface area (Å²) < 4.78 is 6.17. The predicted octanol–water partition coefficient (Wildman–Crippen LogP) is 5.14. The van der Waals surface area contributed by atoms with E-state index >= 15 is 0 Å². The third-order valence-corrected chi connectivity index (χ3v) is 6.14. The number of para-hydroxylation sites is 1. The number of anilines is 1. The summed E-state index contributed by atoms with van der Waals surface area (Å²) >= 11 is 0. The van der Waals surface area contributed by atoms with Gasteiger partial charge in [0.05, 0.1) is 12.1 Å². The molecule has 0 radical (unpaired) electrons. The number of fused-ring (bicyclic) bond motifs is 1. The lowest BCUT2D eigenvalue weighted by Crippen LogP contribution is -2.52. The first-order valence-corrected chi connectivity index (χ1v) is 11.8. The van der Waals surface area contributed by atoms with Gasteiger partial charge in [0.15, 0.2) is 0 Å². The highest BCUT2D eigenvalue weighted by Gasteiger charge is 2.48. The van der Waals surface area contributed by atoms with Crippen LogP contribution in [0.5, 0.6) is 0 Å². The Morgan fingerprint density at radius 2 is 1.71 bits per heavy atom. The second kappa shape index (κ2) is 9.96. The zero-order valence-corrected chi connectivity index (χ0v) is 20.5. The van der Waals surface area contributed by atoms with E-state index in [9.17, 15) is 9.59 Å². The Morgan fingerprint density at radius 1 is 1.03 bits per heavy atom. The molecule has 0 fully saturated rings. The Kier molecular flexibility index (Phi) is 6.99. The predicted molar refractivity (Wildman–Crippen MR) is 137 cm³/mol. The van der Waals surface area contributed by atoms with Crippen molar-refractivity contribution in [2.45, 2.75) is 58.0 Å². The maximum atomic E-state index is 14.0. The van der Waals surface area contributed by atoms with Gasteiger partial charge >= 0.3 is 0 Å². The molecule has 1 atom stereocenters. The highest BCUT2D eigenvalue weighted by atomic mass is 16.5. The second-order valence-corrected chi connectivity index (χ2v) is 9.78. The second-order valence-electron chi connectivity index (χ2n) is 9.78. The molecule has 3 aromatic carbocycles. The van der Waals surface area contributed by atoms with Crippen molar-refractivity contribution in [3.63, 3.8) is 0 Å². The molecule has 180 valence electrons. The minimum Gasteiger partial charge on any atom is -0.339 e. The van der Waals surface area contributed by atoms with Gasteiger partial charge in [-0.2, -0.15) is 4.99 Å². The van der Waals surface area contributed by atoms with Gasteiger partial charge in [-0.15, -0.1) is 0 Å². The molecular weight excluding hydrogens is 438 g/mol. The number of ether oxygens (including phenoxy) is 1. The van der Waals surface area contributed by atoms with Crippen molar-refractivity contribution >= 4 is 17.7 Å². The smallest absolute Gasteiger partial charge is 0.283 e. The van der Waals surface area contributed by atoms with Crippen LogP contribution >= 0.6 is 0 Å². The quantitative estimate of drug-likeness (QED) is 0.400. The summed E-state index contributed by atoms with van der Waals surface area (Å²) in [5, 5.41) is 0. The van der Waals surface area contributed by atoms with Crippen LogP contribution in [0, 0.1) is 0 Å². The molecule has 35 heavy (non-hydrogen) atoms. The Morgan fingerprint density at radius 3 is 2.40 bits per heavy atom. The molecule has 0 aromatic heterocycles. The summed E-state index contributed by atoms with van der Waals surface area (Å²) in [5.41, 5.74) is 9.60. The number of aliphatic imine (C=N–C) groups is 1. The van der Waals surface area contributed by atoms with Gasteiger partial charge in [0.2, 0.25) is 6.08 Å². The van der Waals surface area contributed by atoms with E-state index < -0.39 is 11.3 Å². The van der Waals surface area contributed by atoms with Gasteiger partial charge in [0, 0.05) is 18.7 Å². The molecule has 2 N–H and O–H groups in total. The molecule has 0 bridgehead atoms. The molecular formula is C29H31N3O3. The largest absolute Gasteiger partial charge is 0.339 e. The monoisotopic (exact) mass is 469 g/mol. The van der Waals surface area contributed by atoms with E-state index in [0.29, 0.717) is 19.5 Å². The van der Waals surface area contributed by atoms with Gasteiger partial charge in [0.25, 0.3) is 11.6 Å². The fourth-order valence-corrected chi connectivity index (χ4v) is 4.63. The number of nitrogens with two attached hydrogens (primary N) is 1. The third-order valence-electron chi connectivity index (χ3n) is 6.14. The summed E-state index contributed by atoms with van der Waals surface area (Å²) in [5.74, 6) is -0.363. The van der Waals surface area contributed by atoms with Crippen LogP contribution in [-0.2, 0) is 33.8 Å². The maximum Gasteiger partial charge on any atom is 0.283 e. The normalized spacial score (nSPS) is 17.9. The van der Waals surface area contributed by atoms with E-state index in [1.807, 2.05) is 87.5 Å². The Hall–Kier alpha value is -3.57. The molecule has 1 amide bonds. The minimum atomic E-state index is -1.63. The van der Waals surface area contributed by atoms with E-state index in [2.05, 4.69) is 11.1 Å². The van der Waals surface area contributed by atoms with Gasteiger partial charge < -0.3 is 15.4 Å². The molecule has 0 aliphatic carbocycles. The zero-order valence-electron chi connectivity index (χ0n) is 20.5. The van der Waals surface area contributed by atoms with Crippen LogP contribution in [0.1, 0.15) is 43.9 Å². The molecule has 3 aromatic rings. The Balaban J connectivity index is 1.72. The van der Waals surface area contributed by atoms with E-state index in [1.54, 1.807) is 11.0 Å². The molecule has 0 spiro atoms. The number of benzene rings is 3. The molecule has 1 aliphatic heterocycles. The number of hydrogen-bond acceptors (Lipinski definition) is 5. The number of hydrogen-bond donors (Lipinski definition) is 1. The first-order valence-electron chi connectivity index (χ1n) is 11.8. The van der Waals surface area contributed by atoms with Crippen molar-refractivity contribution in [2.24, 2.45) is 10.7 Å². The molecule has 4 rings (SSSR count). The standard InChI is InChI=1S/C29H31N3O3/c1-28(2,3)35-29(31-20-33)17-16-23-8-5-7-11-26(23)32(27(29)34)19-21-12-14-22(15-13-21)25-10-6-4-9-24(25)18-30/h4-15H,16-19,30H2,1-3H3/t29-/m1/s1. The first-order chi connectivity index (χ1) is 16.8. The summed E-state index contributed by atoms with van der Waals surface area (Å²) in [6, 6.07) is 24.0. The van der Waals surface area contributed by atoms with Crippen LogP contribution in [0.3, 0.4) is 0 Å². The first kappa shape index (κ1) is 24.6. The summed E-state index contributed by atoms with van der Waals surface area (Å²) in [6.07, 6.45) is 2.41. The number of amides is 1. The molecule has 0 saturated carbocycles. The van der Waals surface area contributed by atoms with Crippen molar-refractivity contribution in [3.8, 4) is 11.1 Å². The SMILES string of the molecule is CC(C)(C)O[C@]1(N=C=O)CCc2ccccc2N(Cc2ccc(-c3ccccc3CN)cc2)C1=O. The number of nitrogens with zero attached hydrogens (tertiary/aromatic N) is 2. The van der Waals surface area contributed by atoms with E-state index in [1.165, 1.54) is 0 Å². The van der Waals surface area contributed by atoms with Crippen molar-refractivity contribution in [1.82, 2.24) is 0 Å². The zero-order chi connectivity index (χ0) is 25.1. The fourth-order valence-electron chi connectivity index (χ4n) is 4.63. The van der Waals surface area contributed by atoms with Gasteiger partial charge in [-0.05, 0) is 61.1 Å². The average molecular weight is 470 g/mol. The van der Waals surface area contributed by atoms with E-state index in [4.69, 9.17) is 10.5 Å². The Bertz CT molecular complexity index is 1260. The van der Waals surface area contributed by atoms with Gasteiger partial charge in [-0.25, -0.2) is 4.79 Å². The molecule has 0 saturated heterocycles. The molecule has 0 unspecified atom stereocenters. The van der Waals surface area contributed by atoms with Gasteiger partial charge in [-0.3, -0.25) is 4.79 Å². The highest BCUT2D eigenvalue weighted by molar-refractivity contribution is 6.01. The van der Waals surface area contributed by atoms with Crippen LogP contribution in [0.2, 0.25) is 0 Å². The fraction of sp³-hybridized carbons (Fsp3) is 0.310. The summed E-state index contributed by atoms with van der Waals surface area (Å²) in [4.78, 5) is 31.1. The van der Waals surface area contributed by atoms with Gasteiger partial charge in [-0.1, -0.05) is 66.7 Å². The van der Waals surface area contributed by atoms with Crippen molar-refractivity contribution in [3.05, 3.63) is 89.5 Å². The molecule has 6 heteroatoms. The third kappa shape index (κ3) is 5.25. The molecule has 6 nitrogen and oxygen atoms in total. The van der Waals surface area contributed by atoms with E-state index in [0.717, 1.165) is 33.5 Å². The van der Waals surface area contributed by atoms with Crippen LogP contribution in [0.25, 0.3) is 11.1 Å². The number of carbonyl (C=O) groups is 1. The number of aryl methyl sites for hydroxylation is 1. The van der Waals surface area contributed by atoms with Crippen molar-refractivity contribution < 1.29 is 14.3 Å². The number of isocyanates is 1. The maximum absolute atomic E-state index is 14.0. The lowest BCUT2D eigenvalue weighted by Gasteiger charge is -2.36. The number of rotatable bonds is 6. The Labute approximate surface area is 206 Å². The van der Waals surface area contributed by atoms with Crippen LogP contribution < -0.4 is 10.6 Å². The average Bonchev–Trinajstić information content (AvgIpc) is 2.95. The summed E-state index contributed by atoms with van der Waals surface area (Å²) in [6.45, 7) is 6.33. The van der Waals surface area contributed by atoms with Crippen LogP contribution in [0.15, 0.2) is 77.8 Å². The minimum absolute atomic E-state index is 0.265. The lowest BCUT2D eigenvalue weighted by molar-refractivity contribution is -0.164. The topological polar surface area (TPSA) is 85.0 Å². The number of carbonyl (C=O) groups excluding carboxylic acids is 2.